The highest BCUT2D eigenvalue weighted by molar-refractivity contribution is 6.06. The number of hydrogen-bond acceptors (Lipinski definition) is 5. The van der Waals surface area contributed by atoms with Gasteiger partial charge in [-0.05, 0) is 18.2 Å². The van der Waals surface area contributed by atoms with Crippen molar-refractivity contribution in [2.24, 2.45) is 5.16 Å². The van der Waals surface area contributed by atoms with Crippen LogP contribution in [0.4, 0.5) is 18.9 Å². The lowest BCUT2D eigenvalue weighted by Crippen LogP contribution is -2.28. The maximum atomic E-state index is 13.9. The van der Waals surface area contributed by atoms with E-state index in [2.05, 4.69) is 15.2 Å². The van der Waals surface area contributed by atoms with Gasteiger partial charge in [0.1, 0.15) is 17.5 Å². The molecule has 140 valence electrons. The first kappa shape index (κ1) is 18.4. The van der Waals surface area contributed by atoms with E-state index in [1.54, 1.807) is 6.07 Å². The van der Waals surface area contributed by atoms with E-state index in [-0.39, 0.29) is 6.42 Å². The first-order chi connectivity index (χ1) is 12.9. The highest BCUT2D eigenvalue weighted by Crippen LogP contribution is 2.23. The molecule has 6 nitrogen and oxygen atoms in total. The van der Waals surface area contributed by atoms with Crippen molar-refractivity contribution in [3.8, 4) is 0 Å². The van der Waals surface area contributed by atoms with E-state index < -0.39 is 46.7 Å². The van der Waals surface area contributed by atoms with Gasteiger partial charge in [0.05, 0.1) is 24.1 Å². The summed E-state index contributed by atoms with van der Waals surface area (Å²) in [6.45, 7) is 0. The average Bonchev–Trinajstić information content (AvgIpc) is 3.13. The van der Waals surface area contributed by atoms with Crippen LogP contribution in [0.1, 0.15) is 22.3 Å². The van der Waals surface area contributed by atoms with Gasteiger partial charge in [0.2, 0.25) is 6.10 Å². The number of carbonyl (C=O) groups is 2. The second-order valence-electron chi connectivity index (χ2n) is 5.64. The number of amides is 1. The smallest absolute Gasteiger partial charge is 0.340 e. The third kappa shape index (κ3) is 3.91. The van der Waals surface area contributed by atoms with Crippen LogP contribution in [0.3, 0.4) is 0 Å². The molecule has 0 spiro atoms. The predicted molar refractivity (Wildman–Crippen MR) is 88.8 cm³/mol. The molecule has 0 aliphatic carbocycles. The normalized spacial score (nSPS) is 15.7. The van der Waals surface area contributed by atoms with E-state index in [0.717, 1.165) is 13.2 Å². The van der Waals surface area contributed by atoms with E-state index in [9.17, 15) is 22.8 Å². The van der Waals surface area contributed by atoms with E-state index in [0.29, 0.717) is 17.3 Å². The molecule has 9 heteroatoms. The SMILES string of the molecule is COC(=O)c1cc(NC(=O)C2CC(c3cccc(F)c3)=NO2)c(F)cc1F. The summed E-state index contributed by atoms with van der Waals surface area (Å²) in [6, 6.07) is 6.89. The molecule has 3 rings (SSSR count). The molecule has 0 aromatic heterocycles. The molecule has 1 unspecified atom stereocenters. The summed E-state index contributed by atoms with van der Waals surface area (Å²) in [4.78, 5) is 28.8. The van der Waals surface area contributed by atoms with Gasteiger partial charge in [0.15, 0.2) is 0 Å². The molecule has 0 saturated heterocycles. The molecule has 2 aromatic carbocycles. The summed E-state index contributed by atoms with van der Waals surface area (Å²) in [6.07, 6.45) is -1.06. The fourth-order valence-corrected chi connectivity index (χ4v) is 2.48. The number of anilines is 1. The zero-order valence-corrected chi connectivity index (χ0v) is 14.0. The maximum absolute atomic E-state index is 13.9. The highest BCUT2D eigenvalue weighted by atomic mass is 19.1. The largest absolute Gasteiger partial charge is 0.465 e. The van der Waals surface area contributed by atoms with Gasteiger partial charge in [-0.15, -0.1) is 0 Å². The highest BCUT2D eigenvalue weighted by Gasteiger charge is 2.30. The second-order valence-corrected chi connectivity index (χ2v) is 5.64. The van der Waals surface area contributed by atoms with E-state index >= 15 is 0 Å². The number of carbonyl (C=O) groups excluding carboxylic acids is 2. The number of rotatable bonds is 4. The minimum Gasteiger partial charge on any atom is -0.465 e. The van der Waals surface area contributed by atoms with Crippen LogP contribution >= 0.6 is 0 Å². The van der Waals surface area contributed by atoms with Crippen molar-refractivity contribution < 1.29 is 32.3 Å². The number of hydrogen-bond donors (Lipinski definition) is 1. The Balaban J connectivity index is 1.73. The van der Waals surface area contributed by atoms with Crippen LogP contribution in [0.25, 0.3) is 0 Å². The summed E-state index contributed by atoms with van der Waals surface area (Å²) in [5.41, 5.74) is -0.140. The zero-order valence-electron chi connectivity index (χ0n) is 14.0. The number of halogens is 3. The number of nitrogens with zero attached hydrogens (tertiary/aromatic N) is 1. The second kappa shape index (κ2) is 7.48. The van der Waals surface area contributed by atoms with Crippen molar-refractivity contribution in [3.63, 3.8) is 0 Å². The topological polar surface area (TPSA) is 77.0 Å². The number of methoxy groups -OCH3 is 1. The Morgan fingerprint density at radius 2 is 1.96 bits per heavy atom. The first-order valence-corrected chi connectivity index (χ1v) is 7.76. The number of oxime groups is 1. The van der Waals surface area contributed by atoms with Crippen LogP contribution in [0, 0.1) is 17.5 Å². The van der Waals surface area contributed by atoms with E-state index in [4.69, 9.17) is 4.84 Å². The maximum Gasteiger partial charge on any atom is 0.340 e. The van der Waals surface area contributed by atoms with Gasteiger partial charge in [0.25, 0.3) is 5.91 Å². The minimum absolute atomic E-state index is 0.0297. The van der Waals surface area contributed by atoms with Crippen LogP contribution in [0.15, 0.2) is 41.6 Å². The fourth-order valence-electron chi connectivity index (χ4n) is 2.48. The van der Waals surface area contributed by atoms with Gasteiger partial charge in [-0.25, -0.2) is 18.0 Å². The number of nitrogens with one attached hydrogen (secondary N) is 1. The van der Waals surface area contributed by atoms with Crippen LogP contribution < -0.4 is 5.32 Å². The number of esters is 1. The van der Waals surface area contributed by atoms with Crippen molar-refractivity contribution in [2.45, 2.75) is 12.5 Å². The van der Waals surface area contributed by atoms with Crippen LogP contribution in [0.2, 0.25) is 0 Å². The van der Waals surface area contributed by atoms with Crippen molar-refractivity contribution in [2.75, 3.05) is 12.4 Å². The summed E-state index contributed by atoms with van der Waals surface area (Å²) in [7, 11) is 1.04. The molecule has 0 fully saturated rings. The Kier molecular flexibility index (Phi) is 5.11. The fraction of sp³-hybridized carbons (Fsp3) is 0.167. The Bertz CT molecular complexity index is 946. The van der Waals surface area contributed by atoms with E-state index in [1.165, 1.54) is 18.2 Å². The van der Waals surface area contributed by atoms with Gasteiger partial charge in [0, 0.05) is 18.1 Å². The summed E-state index contributed by atoms with van der Waals surface area (Å²) >= 11 is 0. The Morgan fingerprint density at radius 1 is 1.19 bits per heavy atom. The molecule has 1 amide bonds. The van der Waals surface area contributed by atoms with Gasteiger partial charge < -0.3 is 14.9 Å². The number of benzene rings is 2. The van der Waals surface area contributed by atoms with Gasteiger partial charge >= 0.3 is 5.97 Å². The first-order valence-electron chi connectivity index (χ1n) is 7.76. The average molecular weight is 378 g/mol. The Labute approximate surface area is 151 Å². The quantitative estimate of drug-likeness (QED) is 0.830. The number of ether oxygens (including phenoxy) is 1. The van der Waals surface area contributed by atoms with Crippen molar-refractivity contribution in [1.82, 2.24) is 0 Å². The molecular weight excluding hydrogens is 365 g/mol. The molecule has 2 aromatic rings. The minimum atomic E-state index is -1.12. The monoisotopic (exact) mass is 378 g/mol. The molecular formula is C18H13F3N2O4. The van der Waals surface area contributed by atoms with Crippen LogP contribution in [-0.2, 0) is 14.4 Å². The van der Waals surface area contributed by atoms with E-state index in [1.807, 2.05) is 0 Å². The van der Waals surface area contributed by atoms with Gasteiger partial charge in [-0.2, -0.15) is 0 Å². The Morgan fingerprint density at radius 3 is 2.67 bits per heavy atom. The predicted octanol–water partition coefficient (Wildman–Crippen LogP) is 3.02. The Hall–Kier alpha value is -3.36. The molecule has 1 N–H and O–H groups in total. The molecule has 1 atom stereocenters. The zero-order chi connectivity index (χ0) is 19.6. The third-order valence-electron chi connectivity index (χ3n) is 3.84. The van der Waals surface area contributed by atoms with Crippen molar-refractivity contribution in [1.29, 1.82) is 0 Å². The standard InChI is InChI=1S/C18H13F3N2O4/c1-26-18(25)11-6-15(13(21)7-12(11)20)22-17(24)16-8-14(23-27-16)9-3-2-4-10(19)5-9/h2-7,16H,8H2,1H3,(H,22,24). The molecule has 0 radical (unpaired) electrons. The molecule has 0 bridgehead atoms. The molecule has 0 saturated carbocycles. The molecule has 1 heterocycles. The van der Waals surface area contributed by atoms with Gasteiger partial charge in [-0.1, -0.05) is 17.3 Å². The molecule has 27 heavy (non-hydrogen) atoms. The van der Waals surface area contributed by atoms with Crippen molar-refractivity contribution in [3.05, 3.63) is 65.0 Å². The lowest BCUT2D eigenvalue weighted by atomic mass is 10.0. The summed E-state index contributed by atoms with van der Waals surface area (Å²) < 4.78 is 45.3. The summed E-state index contributed by atoms with van der Waals surface area (Å²) in [5, 5.41) is 5.97. The molecule has 1 aliphatic heterocycles. The lowest BCUT2D eigenvalue weighted by molar-refractivity contribution is -0.125. The van der Waals surface area contributed by atoms with Crippen molar-refractivity contribution >= 4 is 23.3 Å². The lowest BCUT2D eigenvalue weighted by Gasteiger charge is -2.11. The summed E-state index contributed by atoms with van der Waals surface area (Å²) in [5.74, 6) is -4.43. The third-order valence-corrected chi connectivity index (χ3v) is 3.84. The van der Waals surface area contributed by atoms with Crippen LogP contribution in [-0.4, -0.2) is 30.8 Å². The molecule has 1 aliphatic rings. The van der Waals surface area contributed by atoms with Gasteiger partial charge in [-0.3, -0.25) is 4.79 Å². The van der Waals surface area contributed by atoms with Crippen LogP contribution in [0.5, 0.6) is 0 Å².